The lowest BCUT2D eigenvalue weighted by molar-refractivity contribution is -0.0383. The van der Waals surface area contributed by atoms with Gasteiger partial charge in [0.05, 0.1) is 6.61 Å². The second-order valence-corrected chi connectivity index (χ2v) is 9.01. The maximum absolute atomic E-state index is 13.8. The van der Waals surface area contributed by atoms with Crippen molar-refractivity contribution in [3.63, 3.8) is 0 Å². The van der Waals surface area contributed by atoms with E-state index in [4.69, 9.17) is 14.2 Å². The van der Waals surface area contributed by atoms with Crippen molar-refractivity contribution in [3.8, 4) is 11.5 Å². The third-order valence-corrected chi connectivity index (χ3v) is 6.29. The van der Waals surface area contributed by atoms with Crippen LogP contribution in [0, 0.1) is 17.6 Å². The molecule has 1 unspecified atom stereocenters. The van der Waals surface area contributed by atoms with E-state index >= 15 is 0 Å². The largest absolute Gasteiger partial charge is 0.484 e. The summed E-state index contributed by atoms with van der Waals surface area (Å²) in [6.07, 6.45) is 7.41. The van der Waals surface area contributed by atoms with Crippen molar-refractivity contribution in [1.29, 1.82) is 0 Å². The van der Waals surface area contributed by atoms with E-state index in [2.05, 4.69) is 13.5 Å². The fourth-order valence-electron chi connectivity index (χ4n) is 4.48. The van der Waals surface area contributed by atoms with E-state index < -0.39 is 29.9 Å². The van der Waals surface area contributed by atoms with Gasteiger partial charge >= 0.3 is 0 Å². The van der Waals surface area contributed by atoms with Gasteiger partial charge < -0.3 is 19.3 Å². The van der Waals surface area contributed by atoms with E-state index in [0.29, 0.717) is 11.5 Å². The first-order valence-corrected chi connectivity index (χ1v) is 12.2. The number of aliphatic hydroxyl groups is 1. The highest BCUT2D eigenvalue weighted by atomic mass is 19.1. The fraction of sp³-hybridized carbons (Fsp3) is 0.500. The Hall–Kier alpha value is -2.44. The molecule has 0 saturated carbocycles. The van der Waals surface area contributed by atoms with Crippen LogP contribution in [-0.2, 0) is 4.74 Å². The molecule has 2 aromatic rings. The molecule has 1 saturated heterocycles. The first-order chi connectivity index (χ1) is 16.5. The topological polar surface area (TPSA) is 47.9 Å². The third-order valence-electron chi connectivity index (χ3n) is 6.29. The molecule has 1 fully saturated rings. The molecule has 0 amide bonds. The molecule has 34 heavy (non-hydrogen) atoms. The van der Waals surface area contributed by atoms with Gasteiger partial charge in [0, 0.05) is 12.1 Å². The Bertz CT molecular complexity index is 890. The van der Waals surface area contributed by atoms with Crippen molar-refractivity contribution in [1.82, 2.24) is 0 Å². The summed E-state index contributed by atoms with van der Waals surface area (Å²) < 4.78 is 46.1. The minimum atomic E-state index is -0.679. The molecule has 1 aliphatic heterocycles. The molecule has 5 atom stereocenters. The van der Waals surface area contributed by atoms with Crippen molar-refractivity contribution in [2.24, 2.45) is 5.92 Å². The Morgan fingerprint density at radius 3 is 2.12 bits per heavy atom. The van der Waals surface area contributed by atoms with Gasteiger partial charge in [-0.25, -0.2) is 8.78 Å². The molecule has 0 aromatic heterocycles. The molecule has 4 nitrogen and oxygen atoms in total. The molecular formula is C28H36F2O4. The lowest BCUT2D eigenvalue weighted by Gasteiger charge is -2.28. The van der Waals surface area contributed by atoms with Crippen LogP contribution in [0.3, 0.4) is 0 Å². The molecule has 1 aliphatic rings. The lowest BCUT2D eigenvalue weighted by atomic mass is 9.92. The van der Waals surface area contributed by atoms with Gasteiger partial charge in [-0.15, -0.1) is 6.58 Å². The quantitative estimate of drug-likeness (QED) is 0.252. The van der Waals surface area contributed by atoms with Crippen molar-refractivity contribution in [3.05, 3.63) is 72.8 Å². The highest BCUT2D eigenvalue weighted by molar-refractivity contribution is 5.25. The molecule has 0 radical (unpaired) electrons. The summed E-state index contributed by atoms with van der Waals surface area (Å²) in [5, 5.41) is 10.0. The van der Waals surface area contributed by atoms with Crippen molar-refractivity contribution >= 4 is 0 Å². The van der Waals surface area contributed by atoms with Crippen LogP contribution >= 0.6 is 0 Å². The number of benzene rings is 2. The van der Waals surface area contributed by atoms with Crippen LogP contribution < -0.4 is 9.47 Å². The van der Waals surface area contributed by atoms with Crippen LogP contribution in [0.15, 0.2) is 61.2 Å². The molecule has 1 N–H and O–H groups in total. The Morgan fingerprint density at radius 2 is 1.53 bits per heavy atom. The number of rotatable bonds is 14. The minimum absolute atomic E-state index is 0.127. The standard InChI is InChI=1S/C28H36F2O4/c1-3-4-5-6-7-8-9-12-20(2)26-28(33-24-16-11-14-22(30)18-24)27(25(19-31)34-26)32-23-15-10-13-21(29)17-23/h3,10-11,13-18,20,25-28,31H,1,4-9,12,19H2,2H3/t20?,25-,26-,27-,28-/m1/s1. The molecule has 6 heteroatoms. The number of hydrogen-bond donors (Lipinski definition) is 1. The Labute approximate surface area is 201 Å². The Kier molecular flexibility index (Phi) is 10.4. The zero-order valence-electron chi connectivity index (χ0n) is 19.9. The minimum Gasteiger partial charge on any atom is -0.484 e. The van der Waals surface area contributed by atoms with Gasteiger partial charge in [-0.2, -0.15) is 0 Å². The summed E-state index contributed by atoms with van der Waals surface area (Å²) in [6.45, 7) is 5.59. The fourth-order valence-corrected chi connectivity index (χ4v) is 4.48. The average Bonchev–Trinajstić information content (AvgIpc) is 3.15. The van der Waals surface area contributed by atoms with Gasteiger partial charge in [-0.1, -0.05) is 50.8 Å². The molecule has 186 valence electrons. The summed E-state index contributed by atoms with van der Waals surface area (Å²) in [7, 11) is 0. The summed E-state index contributed by atoms with van der Waals surface area (Å²) in [5.74, 6) is -0.00888. The number of ether oxygens (including phenoxy) is 3. The summed E-state index contributed by atoms with van der Waals surface area (Å²) in [4.78, 5) is 0. The molecule has 0 bridgehead atoms. The first kappa shape index (κ1) is 26.2. The van der Waals surface area contributed by atoms with Crippen LogP contribution in [0.1, 0.15) is 51.9 Å². The highest BCUT2D eigenvalue weighted by Crippen LogP contribution is 2.35. The monoisotopic (exact) mass is 474 g/mol. The Morgan fingerprint density at radius 1 is 0.941 bits per heavy atom. The number of allylic oxidation sites excluding steroid dienone is 1. The lowest BCUT2D eigenvalue weighted by Crippen LogP contribution is -2.44. The second-order valence-electron chi connectivity index (χ2n) is 9.01. The summed E-state index contributed by atoms with van der Waals surface area (Å²) in [6, 6.07) is 11.8. The smallest absolute Gasteiger partial charge is 0.166 e. The molecule has 2 aromatic carbocycles. The zero-order valence-corrected chi connectivity index (χ0v) is 19.9. The van der Waals surface area contributed by atoms with E-state index in [1.54, 1.807) is 24.3 Å². The molecule has 3 rings (SSSR count). The van der Waals surface area contributed by atoms with E-state index in [0.717, 1.165) is 25.7 Å². The average molecular weight is 475 g/mol. The van der Waals surface area contributed by atoms with E-state index in [-0.39, 0.29) is 18.6 Å². The van der Waals surface area contributed by atoms with Gasteiger partial charge in [0.2, 0.25) is 0 Å². The van der Waals surface area contributed by atoms with Crippen molar-refractivity contribution < 1.29 is 28.1 Å². The van der Waals surface area contributed by atoms with Gasteiger partial charge in [-0.05, 0) is 49.4 Å². The second kappa shape index (κ2) is 13.4. The van der Waals surface area contributed by atoms with Crippen LogP contribution in [0.25, 0.3) is 0 Å². The number of unbranched alkanes of at least 4 members (excludes halogenated alkanes) is 5. The normalized spacial score (nSPS) is 22.9. The predicted octanol–water partition coefficient (Wildman–Crippen LogP) is 6.47. The van der Waals surface area contributed by atoms with E-state index in [1.807, 2.05) is 6.08 Å². The van der Waals surface area contributed by atoms with E-state index in [9.17, 15) is 13.9 Å². The van der Waals surface area contributed by atoms with Gasteiger partial charge in [0.1, 0.15) is 35.3 Å². The van der Waals surface area contributed by atoms with Crippen LogP contribution in [0.4, 0.5) is 8.78 Å². The van der Waals surface area contributed by atoms with Crippen LogP contribution in [0.5, 0.6) is 11.5 Å². The first-order valence-electron chi connectivity index (χ1n) is 12.2. The van der Waals surface area contributed by atoms with Crippen LogP contribution in [0.2, 0.25) is 0 Å². The summed E-state index contributed by atoms with van der Waals surface area (Å²) >= 11 is 0. The number of aliphatic hydroxyl groups excluding tert-OH is 1. The molecule has 0 spiro atoms. The Balaban J connectivity index is 1.71. The predicted molar refractivity (Wildman–Crippen MR) is 129 cm³/mol. The highest BCUT2D eigenvalue weighted by Gasteiger charge is 2.49. The van der Waals surface area contributed by atoms with Gasteiger partial charge in [0.25, 0.3) is 0 Å². The van der Waals surface area contributed by atoms with Gasteiger partial charge in [0.15, 0.2) is 12.2 Å². The third kappa shape index (κ3) is 7.54. The van der Waals surface area contributed by atoms with Gasteiger partial charge in [-0.3, -0.25) is 0 Å². The SMILES string of the molecule is C=CCCCCCCCC(C)[C@H]1O[C@H](CO)[C@@H](Oc2cccc(F)c2)[C@@H]1Oc1cccc(F)c1. The van der Waals surface area contributed by atoms with Crippen molar-refractivity contribution in [2.45, 2.75) is 76.3 Å². The maximum Gasteiger partial charge on any atom is 0.166 e. The zero-order chi connectivity index (χ0) is 24.3. The van der Waals surface area contributed by atoms with Crippen LogP contribution in [-0.4, -0.2) is 36.1 Å². The maximum atomic E-state index is 13.8. The molecule has 0 aliphatic carbocycles. The van der Waals surface area contributed by atoms with E-state index in [1.165, 1.54) is 43.5 Å². The number of hydrogen-bond acceptors (Lipinski definition) is 4. The molecular weight excluding hydrogens is 438 g/mol. The number of halogens is 2. The van der Waals surface area contributed by atoms with Crippen molar-refractivity contribution in [2.75, 3.05) is 6.61 Å². The summed E-state index contributed by atoms with van der Waals surface area (Å²) in [5.41, 5.74) is 0. The molecule has 1 heterocycles.